The van der Waals surface area contributed by atoms with Crippen LogP contribution >= 0.6 is 11.3 Å². The zero-order valence-electron chi connectivity index (χ0n) is 15.6. The number of rotatable bonds is 5. The molecule has 144 valence electrons. The number of aryl methyl sites for hydroxylation is 1. The zero-order valence-corrected chi connectivity index (χ0v) is 16.4. The number of halogens is 1. The lowest BCUT2D eigenvalue weighted by Crippen LogP contribution is -2.49. The van der Waals surface area contributed by atoms with E-state index >= 15 is 0 Å². The van der Waals surface area contributed by atoms with Crippen molar-refractivity contribution >= 4 is 22.9 Å². The van der Waals surface area contributed by atoms with Gasteiger partial charge in [-0.05, 0) is 12.1 Å². The molecule has 0 bridgehead atoms. The van der Waals surface area contributed by atoms with Gasteiger partial charge in [-0.15, -0.1) is 11.3 Å². The van der Waals surface area contributed by atoms with E-state index in [0.29, 0.717) is 44.7 Å². The minimum Gasteiger partial charge on any atom is -0.366 e. The second-order valence-corrected chi connectivity index (χ2v) is 7.75. The summed E-state index contributed by atoms with van der Waals surface area (Å²) in [6.45, 7) is 2.56. The van der Waals surface area contributed by atoms with Crippen LogP contribution in [0.4, 0.5) is 10.1 Å². The Bertz CT molecular complexity index is 936. The Hall–Kier alpha value is -2.73. The van der Waals surface area contributed by atoms with Crippen LogP contribution in [0.25, 0.3) is 11.3 Å². The summed E-state index contributed by atoms with van der Waals surface area (Å²) in [5, 5.41) is 3.03. The summed E-state index contributed by atoms with van der Waals surface area (Å²) in [5.74, 6) is -0.0649. The van der Waals surface area contributed by atoms with E-state index in [1.54, 1.807) is 23.5 Å². The van der Waals surface area contributed by atoms with Crippen LogP contribution in [0.3, 0.4) is 0 Å². The highest BCUT2D eigenvalue weighted by atomic mass is 32.1. The van der Waals surface area contributed by atoms with Gasteiger partial charge in [0.25, 0.3) is 0 Å². The van der Waals surface area contributed by atoms with E-state index in [1.807, 2.05) is 51.6 Å². The van der Waals surface area contributed by atoms with Crippen LogP contribution in [-0.2, 0) is 11.2 Å². The zero-order chi connectivity index (χ0) is 19.3. The lowest BCUT2D eigenvalue weighted by Gasteiger charge is -2.36. The predicted molar refractivity (Wildman–Crippen MR) is 111 cm³/mol. The van der Waals surface area contributed by atoms with Crippen molar-refractivity contribution in [3.8, 4) is 11.3 Å². The average molecular weight is 396 g/mol. The maximum atomic E-state index is 13.9. The molecule has 2 heterocycles. The van der Waals surface area contributed by atoms with Gasteiger partial charge in [0.2, 0.25) is 5.91 Å². The van der Waals surface area contributed by atoms with Gasteiger partial charge in [0.05, 0.1) is 16.4 Å². The Kier molecular flexibility index (Phi) is 5.67. The number of carbonyl (C=O) groups excluding carboxylic acids is 1. The summed E-state index contributed by atoms with van der Waals surface area (Å²) in [5.41, 5.74) is 2.68. The lowest BCUT2D eigenvalue weighted by atomic mass is 10.2. The molecule has 6 heteroatoms. The first-order valence-electron chi connectivity index (χ1n) is 9.48. The molecule has 3 aromatic rings. The number of amides is 1. The van der Waals surface area contributed by atoms with Crippen LogP contribution in [0.1, 0.15) is 11.4 Å². The molecular formula is C22H22FN3OS. The molecule has 4 nitrogen and oxygen atoms in total. The standard InChI is InChI=1S/C22H22FN3OS/c23-18-8-4-5-9-20(18)25-12-14-26(15-13-25)22(27)11-10-21-24-19(16-28-21)17-6-2-1-3-7-17/h1-9,16H,10-15H2. The number of para-hydroxylation sites is 1. The van der Waals surface area contributed by atoms with Gasteiger partial charge >= 0.3 is 0 Å². The van der Waals surface area contributed by atoms with Crippen molar-refractivity contribution in [2.24, 2.45) is 0 Å². The number of hydrogen-bond acceptors (Lipinski definition) is 4. The van der Waals surface area contributed by atoms with Gasteiger partial charge in [-0.1, -0.05) is 42.5 Å². The van der Waals surface area contributed by atoms with Crippen molar-refractivity contribution in [3.05, 3.63) is 70.8 Å². The summed E-state index contributed by atoms with van der Waals surface area (Å²) in [6.07, 6.45) is 1.12. The van der Waals surface area contributed by atoms with E-state index in [9.17, 15) is 9.18 Å². The number of benzene rings is 2. The number of aromatic nitrogens is 1. The van der Waals surface area contributed by atoms with E-state index in [1.165, 1.54) is 6.07 Å². The second kappa shape index (κ2) is 8.52. The smallest absolute Gasteiger partial charge is 0.223 e. The number of anilines is 1. The minimum absolute atomic E-state index is 0.143. The summed E-state index contributed by atoms with van der Waals surface area (Å²) in [6, 6.07) is 16.9. The third-order valence-corrected chi connectivity index (χ3v) is 5.91. The van der Waals surface area contributed by atoms with Crippen LogP contribution in [0.2, 0.25) is 0 Å². The van der Waals surface area contributed by atoms with Crippen molar-refractivity contribution in [1.82, 2.24) is 9.88 Å². The van der Waals surface area contributed by atoms with E-state index < -0.39 is 0 Å². The molecule has 1 fully saturated rings. The van der Waals surface area contributed by atoms with Gasteiger partial charge < -0.3 is 9.80 Å². The number of carbonyl (C=O) groups is 1. The van der Waals surface area contributed by atoms with Crippen LogP contribution in [0, 0.1) is 5.82 Å². The third kappa shape index (κ3) is 4.22. The summed E-state index contributed by atoms with van der Waals surface area (Å²) >= 11 is 1.60. The quantitative estimate of drug-likeness (QED) is 0.649. The van der Waals surface area contributed by atoms with Crippen molar-refractivity contribution in [2.45, 2.75) is 12.8 Å². The van der Waals surface area contributed by atoms with Gasteiger partial charge in [-0.2, -0.15) is 0 Å². The Balaban J connectivity index is 1.28. The highest BCUT2D eigenvalue weighted by molar-refractivity contribution is 7.09. The first-order valence-corrected chi connectivity index (χ1v) is 10.4. The molecule has 1 amide bonds. The van der Waals surface area contributed by atoms with Crippen LogP contribution in [0.5, 0.6) is 0 Å². The molecule has 0 unspecified atom stereocenters. The van der Waals surface area contributed by atoms with E-state index in [0.717, 1.165) is 16.3 Å². The molecule has 4 rings (SSSR count). The maximum absolute atomic E-state index is 13.9. The molecule has 1 aliphatic heterocycles. The van der Waals surface area contributed by atoms with Gasteiger partial charge in [0.1, 0.15) is 5.82 Å². The molecule has 0 N–H and O–H groups in total. The summed E-state index contributed by atoms with van der Waals surface area (Å²) in [4.78, 5) is 21.1. The van der Waals surface area contributed by atoms with Gasteiger partial charge in [0.15, 0.2) is 0 Å². The third-order valence-electron chi connectivity index (χ3n) is 5.00. The largest absolute Gasteiger partial charge is 0.366 e. The highest BCUT2D eigenvalue weighted by Crippen LogP contribution is 2.23. The summed E-state index contributed by atoms with van der Waals surface area (Å²) in [7, 11) is 0. The number of piperazine rings is 1. The van der Waals surface area contributed by atoms with Crippen LogP contribution in [-0.4, -0.2) is 42.0 Å². The molecule has 0 radical (unpaired) electrons. The van der Waals surface area contributed by atoms with E-state index in [-0.39, 0.29) is 11.7 Å². The molecular weight excluding hydrogens is 373 g/mol. The summed E-state index contributed by atoms with van der Waals surface area (Å²) < 4.78 is 13.9. The monoisotopic (exact) mass is 395 g/mol. The van der Waals surface area contributed by atoms with Crippen molar-refractivity contribution in [1.29, 1.82) is 0 Å². The van der Waals surface area contributed by atoms with Gasteiger partial charge in [-0.3, -0.25) is 4.79 Å². The first kappa shape index (κ1) is 18.6. The lowest BCUT2D eigenvalue weighted by molar-refractivity contribution is -0.131. The molecule has 0 spiro atoms. The van der Waals surface area contributed by atoms with Crippen molar-refractivity contribution in [2.75, 3.05) is 31.1 Å². The van der Waals surface area contributed by atoms with Crippen molar-refractivity contribution in [3.63, 3.8) is 0 Å². The van der Waals surface area contributed by atoms with Gasteiger partial charge in [0, 0.05) is 50.0 Å². The Labute approximate surface area is 168 Å². The Morgan fingerprint density at radius 3 is 2.46 bits per heavy atom. The fraction of sp³-hybridized carbons (Fsp3) is 0.273. The number of nitrogens with zero attached hydrogens (tertiary/aromatic N) is 3. The highest BCUT2D eigenvalue weighted by Gasteiger charge is 2.22. The predicted octanol–water partition coefficient (Wildman–Crippen LogP) is 4.23. The minimum atomic E-state index is -0.208. The SMILES string of the molecule is O=C(CCc1nc(-c2ccccc2)cs1)N1CCN(c2ccccc2F)CC1. The molecule has 0 saturated carbocycles. The fourth-order valence-corrected chi connectivity index (χ4v) is 4.25. The maximum Gasteiger partial charge on any atom is 0.223 e. The molecule has 0 atom stereocenters. The number of thiazole rings is 1. The van der Waals surface area contributed by atoms with Gasteiger partial charge in [-0.25, -0.2) is 9.37 Å². The first-order chi connectivity index (χ1) is 13.7. The Morgan fingerprint density at radius 1 is 1.00 bits per heavy atom. The van der Waals surface area contributed by atoms with Crippen molar-refractivity contribution < 1.29 is 9.18 Å². The topological polar surface area (TPSA) is 36.4 Å². The molecule has 28 heavy (non-hydrogen) atoms. The second-order valence-electron chi connectivity index (χ2n) is 6.81. The average Bonchev–Trinajstić information content (AvgIpc) is 3.22. The van der Waals surface area contributed by atoms with E-state index in [4.69, 9.17) is 0 Å². The van der Waals surface area contributed by atoms with Crippen LogP contribution < -0.4 is 4.90 Å². The Morgan fingerprint density at radius 2 is 1.71 bits per heavy atom. The van der Waals surface area contributed by atoms with E-state index in [2.05, 4.69) is 4.98 Å². The molecule has 1 aromatic heterocycles. The molecule has 1 saturated heterocycles. The fourth-order valence-electron chi connectivity index (χ4n) is 3.44. The molecule has 2 aromatic carbocycles. The molecule has 0 aliphatic carbocycles. The molecule has 1 aliphatic rings. The normalized spacial score (nSPS) is 14.3. The van der Waals surface area contributed by atoms with Crippen LogP contribution in [0.15, 0.2) is 60.0 Å². The number of hydrogen-bond donors (Lipinski definition) is 0.